The average Bonchev–Trinajstić information content (AvgIpc) is 2.67. The zero-order chi connectivity index (χ0) is 20.3. The molecule has 2 aliphatic heterocycles. The van der Waals surface area contributed by atoms with E-state index in [1.165, 1.54) is 0 Å². The number of carbonyl (C=O) groups is 1. The predicted molar refractivity (Wildman–Crippen MR) is 112 cm³/mol. The van der Waals surface area contributed by atoms with Crippen molar-refractivity contribution >= 4 is 29.0 Å². The molecule has 0 saturated carbocycles. The molecule has 0 bridgehead atoms. The first kappa shape index (κ1) is 20.5. The number of likely N-dealkylation sites (tertiary alicyclic amines) is 1. The highest BCUT2D eigenvalue weighted by Crippen LogP contribution is 2.30. The van der Waals surface area contributed by atoms with Gasteiger partial charge in [-0.3, -0.25) is 15.1 Å². The molecule has 0 spiro atoms. The van der Waals surface area contributed by atoms with E-state index in [0.29, 0.717) is 35.7 Å². The third kappa shape index (κ3) is 4.42. The third-order valence-corrected chi connectivity index (χ3v) is 5.91. The first-order valence-corrected chi connectivity index (χ1v) is 10.0. The van der Waals surface area contributed by atoms with E-state index < -0.39 is 0 Å². The summed E-state index contributed by atoms with van der Waals surface area (Å²) in [5, 5.41) is 21.4. The molecule has 2 fully saturated rings. The Morgan fingerprint density at radius 3 is 2.61 bits per heavy atom. The van der Waals surface area contributed by atoms with Crippen LogP contribution in [0.15, 0.2) is 24.8 Å². The van der Waals surface area contributed by atoms with Crippen LogP contribution >= 0.6 is 11.6 Å². The van der Waals surface area contributed by atoms with Gasteiger partial charge in [0.2, 0.25) is 5.91 Å². The SMILES string of the molecule is C=CC(=N)N1CC(N2CCN(C(=O)CNc3cc(Cl)c(CC)cc3O)CC2)C1. The Labute approximate surface area is 171 Å². The Morgan fingerprint density at radius 2 is 2.00 bits per heavy atom. The minimum absolute atomic E-state index is 0.0124. The fourth-order valence-electron chi connectivity index (χ4n) is 3.65. The number of rotatable bonds is 6. The Morgan fingerprint density at radius 1 is 1.32 bits per heavy atom. The van der Waals surface area contributed by atoms with Gasteiger partial charge in [0, 0.05) is 50.3 Å². The molecule has 0 aromatic heterocycles. The van der Waals surface area contributed by atoms with E-state index in [1.807, 2.05) is 16.7 Å². The number of anilines is 1. The van der Waals surface area contributed by atoms with Crippen molar-refractivity contribution in [3.8, 4) is 5.75 Å². The number of hydrogen-bond donors (Lipinski definition) is 3. The summed E-state index contributed by atoms with van der Waals surface area (Å²) in [5.74, 6) is 0.600. The van der Waals surface area contributed by atoms with E-state index in [-0.39, 0.29) is 18.2 Å². The van der Waals surface area contributed by atoms with E-state index in [9.17, 15) is 9.90 Å². The molecule has 1 aromatic rings. The minimum Gasteiger partial charge on any atom is -0.506 e. The van der Waals surface area contributed by atoms with Crippen molar-refractivity contribution in [1.29, 1.82) is 5.41 Å². The second kappa shape index (κ2) is 8.84. The summed E-state index contributed by atoms with van der Waals surface area (Å²) < 4.78 is 0. The second-order valence-electron chi connectivity index (χ2n) is 7.23. The van der Waals surface area contributed by atoms with Crippen molar-refractivity contribution in [2.24, 2.45) is 0 Å². The van der Waals surface area contributed by atoms with Gasteiger partial charge in [-0.1, -0.05) is 25.1 Å². The predicted octanol–water partition coefficient (Wildman–Crippen LogP) is 2.01. The van der Waals surface area contributed by atoms with E-state index in [0.717, 1.165) is 38.2 Å². The topological polar surface area (TPSA) is 82.9 Å². The number of aryl methyl sites for hydroxylation is 1. The number of aromatic hydroxyl groups is 1. The third-order valence-electron chi connectivity index (χ3n) is 5.56. The van der Waals surface area contributed by atoms with Crippen molar-refractivity contribution in [2.45, 2.75) is 19.4 Å². The van der Waals surface area contributed by atoms with Gasteiger partial charge in [-0.05, 0) is 30.2 Å². The van der Waals surface area contributed by atoms with Gasteiger partial charge in [0.15, 0.2) is 0 Å². The molecular weight excluding hydrogens is 378 g/mol. The van der Waals surface area contributed by atoms with Crippen LogP contribution in [0.2, 0.25) is 5.02 Å². The summed E-state index contributed by atoms with van der Waals surface area (Å²) in [4.78, 5) is 18.8. The number of phenols is 1. The maximum atomic E-state index is 12.5. The minimum atomic E-state index is 0.0124. The van der Waals surface area contributed by atoms with Gasteiger partial charge in [-0.15, -0.1) is 0 Å². The van der Waals surface area contributed by atoms with Crippen molar-refractivity contribution in [3.63, 3.8) is 0 Å². The zero-order valence-corrected chi connectivity index (χ0v) is 17.0. The van der Waals surface area contributed by atoms with Crippen LogP contribution in [0.3, 0.4) is 0 Å². The van der Waals surface area contributed by atoms with Crippen LogP contribution in [-0.4, -0.2) is 83.4 Å². The van der Waals surface area contributed by atoms with E-state index >= 15 is 0 Å². The van der Waals surface area contributed by atoms with Crippen LogP contribution in [0.1, 0.15) is 12.5 Å². The summed E-state index contributed by atoms with van der Waals surface area (Å²) in [6.45, 7) is 10.5. The lowest BCUT2D eigenvalue weighted by Crippen LogP contribution is -2.64. The first-order valence-electron chi connectivity index (χ1n) is 9.66. The Bertz CT molecular complexity index is 755. The molecule has 152 valence electrons. The van der Waals surface area contributed by atoms with Gasteiger partial charge in [-0.25, -0.2) is 0 Å². The maximum absolute atomic E-state index is 12.5. The lowest BCUT2D eigenvalue weighted by atomic mass is 10.1. The number of amides is 1. The Balaban J connectivity index is 1.44. The largest absolute Gasteiger partial charge is 0.506 e. The maximum Gasteiger partial charge on any atom is 0.241 e. The number of piperazine rings is 1. The van der Waals surface area contributed by atoms with E-state index in [4.69, 9.17) is 17.0 Å². The molecule has 7 nitrogen and oxygen atoms in total. The van der Waals surface area contributed by atoms with Crippen molar-refractivity contribution < 1.29 is 9.90 Å². The van der Waals surface area contributed by atoms with Crippen molar-refractivity contribution in [2.75, 3.05) is 51.1 Å². The number of amidine groups is 1. The molecule has 2 heterocycles. The lowest BCUT2D eigenvalue weighted by Gasteiger charge is -2.48. The van der Waals surface area contributed by atoms with Crippen LogP contribution in [0.5, 0.6) is 5.75 Å². The highest BCUT2D eigenvalue weighted by molar-refractivity contribution is 6.31. The smallest absolute Gasteiger partial charge is 0.241 e. The van der Waals surface area contributed by atoms with Gasteiger partial charge < -0.3 is 20.2 Å². The van der Waals surface area contributed by atoms with Crippen molar-refractivity contribution in [1.82, 2.24) is 14.7 Å². The summed E-state index contributed by atoms with van der Waals surface area (Å²) in [6, 6.07) is 3.76. The molecule has 2 aliphatic rings. The highest BCUT2D eigenvalue weighted by Gasteiger charge is 2.34. The molecule has 0 radical (unpaired) electrons. The van der Waals surface area contributed by atoms with E-state index in [2.05, 4.69) is 16.8 Å². The lowest BCUT2D eigenvalue weighted by molar-refractivity contribution is -0.131. The van der Waals surface area contributed by atoms with Gasteiger partial charge in [0.25, 0.3) is 0 Å². The molecular formula is C20H28ClN5O2. The quantitative estimate of drug-likeness (QED) is 0.383. The number of benzene rings is 1. The summed E-state index contributed by atoms with van der Waals surface area (Å²) in [6.07, 6.45) is 2.31. The first-order chi connectivity index (χ1) is 13.4. The average molecular weight is 406 g/mol. The van der Waals surface area contributed by atoms with Crippen LogP contribution in [0.25, 0.3) is 0 Å². The van der Waals surface area contributed by atoms with Gasteiger partial charge >= 0.3 is 0 Å². The van der Waals surface area contributed by atoms with Crippen LogP contribution in [0.4, 0.5) is 5.69 Å². The molecule has 1 aromatic carbocycles. The number of nitrogens with one attached hydrogen (secondary N) is 2. The fourth-order valence-corrected chi connectivity index (χ4v) is 3.95. The second-order valence-corrected chi connectivity index (χ2v) is 7.64. The summed E-state index contributed by atoms with van der Waals surface area (Å²) in [7, 11) is 0. The molecule has 3 N–H and O–H groups in total. The number of carbonyl (C=O) groups excluding carboxylic acids is 1. The van der Waals surface area contributed by atoms with Crippen molar-refractivity contribution in [3.05, 3.63) is 35.4 Å². The normalized spacial score (nSPS) is 17.9. The molecule has 3 rings (SSSR count). The molecule has 8 heteroatoms. The number of hydrogen-bond acceptors (Lipinski definition) is 5. The number of halogens is 1. The monoisotopic (exact) mass is 405 g/mol. The van der Waals surface area contributed by atoms with Crippen LogP contribution < -0.4 is 5.32 Å². The Kier molecular flexibility index (Phi) is 6.46. The Hall–Kier alpha value is -2.25. The molecule has 2 saturated heterocycles. The fraction of sp³-hybridized carbons (Fsp3) is 0.500. The number of phenolic OH excluding ortho intramolecular Hbond substituents is 1. The standard InChI is InChI=1S/C20H28ClN5O2/c1-3-14-9-18(27)17(10-16(14)21)23-11-20(28)25-7-5-24(6-8-25)15-12-26(13-15)19(22)4-2/h4,9-10,15,22-23,27H,2-3,5-8,11-13H2,1H3. The van der Waals surface area contributed by atoms with Gasteiger partial charge in [0.1, 0.15) is 11.6 Å². The molecule has 28 heavy (non-hydrogen) atoms. The highest BCUT2D eigenvalue weighted by atomic mass is 35.5. The summed E-state index contributed by atoms with van der Waals surface area (Å²) >= 11 is 6.20. The van der Waals surface area contributed by atoms with Gasteiger partial charge in [-0.2, -0.15) is 0 Å². The molecule has 1 amide bonds. The zero-order valence-electron chi connectivity index (χ0n) is 16.2. The van der Waals surface area contributed by atoms with Crippen LogP contribution in [0, 0.1) is 5.41 Å². The molecule has 0 unspecified atom stereocenters. The molecule has 0 atom stereocenters. The summed E-state index contributed by atoms with van der Waals surface area (Å²) in [5.41, 5.74) is 1.36. The van der Waals surface area contributed by atoms with E-state index in [1.54, 1.807) is 18.2 Å². The molecule has 0 aliphatic carbocycles. The van der Waals surface area contributed by atoms with Gasteiger partial charge in [0.05, 0.1) is 12.2 Å². The van der Waals surface area contributed by atoms with Crippen LogP contribution in [-0.2, 0) is 11.2 Å². The number of nitrogens with zero attached hydrogens (tertiary/aromatic N) is 3.